The highest BCUT2D eigenvalue weighted by Gasteiger charge is 2.44. The van der Waals surface area contributed by atoms with Crippen LogP contribution in [0.3, 0.4) is 0 Å². The Balaban J connectivity index is 0.000000291. The minimum Gasteiger partial charge on any atom is -0.479 e. The second-order valence-electron chi connectivity index (χ2n) is 8.46. The fourth-order valence-corrected chi connectivity index (χ4v) is 5.29. The number of rotatable bonds is 7. The molecule has 0 spiro atoms. The Morgan fingerprint density at radius 2 is 1.52 bits per heavy atom. The van der Waals surface area contributed by atoms with Crippen LogP contribution < -0.4 is 5.73 Å². The zero-order valence-electron chi connectivity index (χ0n) is 17.3. The molecule has 0 radical (unpaired) electrons. The molecule has 1 aliphatic carbocycles. The standard InChI is InChI=1S/C17H25Cl2N2.C4H6O6/c18-15-7-14(8-16(19)9-15)12-21(17-3-1-2-4-17)6-5-13(10-20)11-21;5-1(3(7)8)2(6)4(9)10/h7-9,13,17H,1-6,10-12,20H2;1-2,5-6H,(H,7,8)(H,9,10)/q+1;/t13-,21?;/m1./s1. The lowest BCUT2D eigenvalue weighted by Crippen LogP contribution is -2.52. The third kappa shape index (κ3) is 7.03. The van der Waals surface area contributed by atoms with Crippen molar-refractivity contribution >= 4 is 35.1 Å². The molecule has 31 heavy (non-hydrogen) atoms. The quantitative estimate of drug-likeness (QED) is 0.378. The number of quaternary nitrogens is 1. The normalized spacial score (nSPS) is 25.5. The fourth-order valence-electron chi connectivity index (χ4n) is 4.72. The van der Waals surface area contributed by atoms with Crippen LogP contribution in [-0.4, -0.2) is 74.7 Å². The molecule has 3 unspecified atom stereocenters. The molecule has 1 aromatic rings. The lowest BCUT2D eigenvalue weighted by Gasteiger charge is -2.40. The van der Waals surface area contributed by atoms with Crippen LogP contribution in [0.5, 0.6) is 0 Å². The molecule has 1 heterocycles. The third-order valence-corrected chi connectivity index (χ3v) is 6.70. The maximum Gasteiger partial charge on any atom is 0.335 e. The number of aliphatic hydroxyl groups excluding tert-OH is 2. The molecular weight excluding hydrogens is 447 g/mol. The summed E-state index contributed by atoms with van der Waals surface area (Å²) in [6, 6.07) is 6.79. The van der Waals surface area contributed by atoms with Crippen molar-refractivity contribution in [1.82, 2.24) is 0 Å². The summed E-state index contributed by atoms with van der Waals surface area (Å²) in [4.78, 5) is 19.5. The van der Waals surface area contributed by atoms with Crippen LogP contribution in [0.2, 0.25) is 10.0 Å². The van der Waals surface area contributed by atoms with Gasteiger partial charge in [0.2, 0.25) is 0 Å². The molecule has 1 aromatic carbocycles. The number of nitrogens with zero attached hydrogens (tertiary/aromatic N) is 1. The van der Waals surface area contributed by atoms with E-state index in [-0.39, 0.29) is 0 Å². The van der Waals surface area contributed by atoms with Crippen LogP contribution in [0, 0.1) is 5.92 Å². The summed E-state index contributed by atoms with van der Waals surface area (Å²) in [5.41, 5.74) is 7.22. The van der Waals surface area contributed by atoms with Crippen molar-refractivity contribution in [2.75, 3.05) is 19.6 Å². The molecule has 6 N–H and O–H groups in total. The molecular formula is C21H31Cl2N2O6+. The van der Waals surface area contributed by atoms with Crippen molar-refractivity contribution in [2.24, 2.45) is 11.7 Å². The maximum absolute atomic E-state index is 9.77. The number of carbonyl (C=O) groups is 2. The summed E-state index contributed by atoms with van der Waals surface area (Å²) >= 11 is 12.4. The van der Waals surface area contributed by atoms with Gasteiger partial charge in [-0.1, -0.05) is 23.2 Å². The number of aliphatic carboxylic acids is 2. The SMILES string of the molecule is NC[C@H]1CC[N+](Cc2cc(Cl)cc(Cl)c2)(C2CCCC2)C1.O=C(O)C(O)C(O)C(=O)O. The summed E-state index contributed by atoms with van der Waals surface area (Å²) < 4.78 is 1.21. The molecule has 8 nitrogen and oxygen atoms in total. The average Bonchev–Trinajstić information content (AvgIpc) is 3.37. The summed E-state index contributed by atoms with van der Waals surface area (Å²) in [7, 11) is 0. The maximum atomic E-state index is 9.77. The topological polar surface area (TPSA) is 141 Å². The average molecular weight is 478 g/mol. The van der Waals surface area contributed by atoms with Gasteiger partial charge in [0, 0.05) is 34.5 Å². The van der Waals surface area contributed by atoms with E-state index in [0.717, 1.165) is 29.2 Å². The number of carboxylic acids is 2. The van der Waals surface area contributed by atoms with E-state index >= 15 is 0 Å². The molecule has 0 bridgehead atoms. The number of hydrogen-bond donors (Lipinski definition) is 5. The Labute approximate surface area is 191 Å². The molecule has 3 rings (SSSR count). The molecule has 10 heteroatoms. The summed E-state index contributed by atoms with van der Waals surface area (Å²) in [5, 5.41) is 34.0. The largest absolute Gasteiger partial charge is 0.479 e. The van der Waals surface area contributed by atoms with Crippen LogP contribution >= 0.6 is 23.2 Å². The Morgan fingerprint density at radius 3 is 1.94 bits per heavy atom. The predicted molar refractivity (Wildman–Crippen MR) is 117 cm³/mol. The van der Waals surface area contributed by atoms with Crippen LogP contribution in [0.15, 0.2) is 18.2 Å². The van der Waals surface area contributed by atoms with Crippen LogP contribution in [0.4, 0.5) is 0 Å². The van der Waals surface area contributed by atoms with Crippen molar-refractivity contribution in [2.45, 2.75) is 56.9 Å². The molecule has 1 aliphatic heterocycles. The monoisotopic (exact) mass is 477 g/mol. The van der Waals surface area contributed by atoms with Gasteiger partial charge in [0.25, 0.3) is 0 Å². The molecule has 174 valence electrons. The van der Waals surface area contributed by atoms with Gasteiger partial charge < -0.3 is 30.6 Å². The van der Waals surface area contributed by atoms with Gasteiger partial charge in [-0.2, -0.15) is 0 Å². The van der Waals surface area contributed by atoms with E-state index in [9.17, 15) is 9.59 Å². The minimum atomic E-state index is -2.27. The number of hydrogen-bond acceptors (Lipinski definition) is 5. The number of aliphatic hydroxyl groups is 2. The first-order valence-electron chi connectivity index (χ1n) is 10.4. The van der Waals surface area contributed by atoms with Gasteiger partial charge in [0.1, 0.15) is 6.54 Å². The van der Waals surface area contributed by atoms with E-state index in [1.165, 1.54) is 55.2 Å². The highest BCUT2D eigenvalue weighted by atomic mass is 35.5. The zero-order chi connectivity index (χ0) is 23.2. The molecule has 1 saturated carbocycles. The van der Waals surface area contributed by atoms with E-state index in [1.54, 1.807) is 0 Å². The van der Waals surface area contributed by atoms with Gasteiger partial charge in [-0.15, -0.1) is 0 Å². The highest BCUT2D eigenvalue weighted by molar-refractivity contribution is 6.34. The van der Waals surface area contributed by atoms with E-state index < -0.39 is 24.1 Å². The van der Waals surface area contributed by atoms with Crippen molar-refractivity contribution in [3.8, 4) is 0 Å². The summed E-state index contributed by atoms with van der Waals surface area (Å²) in [6.45, 7) is 4.37. The Bertz CT molecular complexity index is 736. The Kier molecular flexibility index (Phi) is 9.54. The van der Waals surface area contributed by atoms with Gasteiger partial charge in [-0.3, -0.25) is 0 Å². The van der Waals surface area contributed by atoms with Crippen molar-refractivity contribution in [3.05, 3.63) is 33.8 Å². The molecule has 2 fully saturated rings. The molecule has 0 amide bonds. The number of nitrogens with two attached hydrogens (primary N) is 1. The van der Waals surface area contributed by atoms with Gasteiger partial charge in [-0.25, -0.2) is 9.59 Å². The van der Waals surface area contributed by atoms with Gasteiger partial charge in [-0.05, 0) is 43.9 Å². The van der Waals surface area contributed by atoms with E-state index in [0.29, 0.717) is 5.92 Å². The number of carboxylic acid groups (broad SMARTS) is 2. The first-order valence-corrected chi connectivity index (χ1v) is 11.2. The van der Waals surface area contributed by atoms with Crippen molar-refractivity contribution in [1.29, 1.82) is 0 Å². The predicted octanol–water partition coefficient (Wildman–Crippen LogP) is 2.11. The van der Waals surface area contributed by atoms with Gasteiger partial charge in [0.15, 0.2) is 12.2 Å². The number of likely N-dealkylation sites (tertiary alicyclic amines) is 1. The highest BCUT2D eigenvalue weighted by Crippen LogP contribution is 2.38. The second kappa shape index (κ2) is 11.4. The third-order valence-electron chi connectivity index (χ3n) is 6.26. The first-order chi connectivity index (χ1) is 14.6. The lowest BCUT2D eigenvalue weighted by atomic mass is 10.1. The van der Waals surface area contributed by atoms with Crippen LogP contribution in [0.1, 0.15) is 37.7 Å². The van der Waals surface area contributed by atoms with E-state index in [4.69, 9.17) is 49.4 Å². The number of benzene rings is 1. The minimum absolute atomic E-state index is 0.681. The second-order valence-corrected chi connectivity index (χ2v) is 9.33. The fraction of sp³-hybridized carbons (Fsp3) is 0.619. The zero-order valence-corrected chi connectivity index (χ0v) is 18.8. The summed E-state index contributed by atoms with van der Waals surface area (Å²) in [5.74, 6) is -2.86. The Hall–Kier alpha value is -1.42. The molecule has 0 aromatic heterocycles. The molecule has 1 saturated heterocycles. The number of halogens is 2. The van der Waals surface area contributed by atoms with Crippen LogP contribution in [-0.2, 0) is 16.1 Å². The van der Waals surface area contributed by atoms with Gasteiger partial charge >= 0.3 is 11.9 Å². The smallest absolute Gasteiger partial charge is 0.335 e. The van der Waals surface area contributed by atoms with E-state index in [2.05, 4.69) is 12.1 Å². The first kappa shape index (κ1) is 25.8. The van der Waals surface area contributed by atoms with Gasteiger partial charge in [0.05, 0.1) is 19.1 Å². The Morgan fingerprint density at radius 1 is 1.00 bits per heavy atom. The summed E-state index contributed by atoms with van der Waals surface area (Å²) in [6.07, 6.45) is 2.23. The van der Waals surface area contributed by atoms with Crippen molar-refractivity contribution in [3.63, 3.8) is 0 Å². The van der Waals surface area contributed by atoms with E-state index in [1.807, 2.05) is 6.07 Å². The lowest BCUT2D eigenvalue weighted by molar-refractivity contribution is -0.953. The van der Waals surface area contributed by atoms with Crippen molar-refractivity contribution < 1.29 is 34.5 Å². The molecule has 2 aliphatic rings. The van der Waals surface area contributed by atoms with Crippen LogP contribution in [0.25, 0.3) is 0 Å². The molecule has 4 atom stereocenters.